The largest absolute Gasteiger partial charge is 0.378 e. The van der Waals surface area contributed by atoms with Crippen molar-refractivity contribution >= 4 is 15.8 Å². The number of fused-ring (bicyclic) bond motifs is 1. The summed E-state index contributed by atoms with van der Waals surface area (Å²) < 4.78 is 31.0. The molecule has 9 heteroatoms. The third-order valence-electron chi connectivity index (χ3n) is 4.72. The highest BCUT2D eigenvalue weighted by Gasteiger charge is 2.29. The fourth-order valence-electron chi connectivity index (χ4n) is 3.32. The number of ether oxygens (including phenoxy) is 1. The molecule has 0 atom stereocenters. The normalized spacial score (nSPS) is 18.6. The Morgan fingerprint density at radius 1 is 1.08 bits per heavy atom. The Morgan fingerprint density at radius 2 is 1.81 bits per heavy atom. The van der Waals surface area contributed by atoms with Crippen molar-refractivity contribution in [2.24, 2.45) is 0 Å². The molecule has 0 saturated carbocycles. The number of pyridine rings is 1. The Morgan fingerprint density at radius 3 is 2.50 bits per heavy atom. The maximum atomic E-state index is 12.0. The standard InChI is InChI=1S/C17H21N5O3S/c1-26(23,24)22-7-4-15-14(12-22)17(21-8-10-25-11-9-21)20-16(19-15)13-2-5-18-6-3-13/h2-3,5-6H,4,7-12H2,1H3. The van der Waals surface area contributed by atoms with Crippen LogP contribution >= 0.6 is 0 Å². The van der Waals surface area contributed by atoms with Gasteiger partial charge in [0.1, 0.15) is 5.82 Å². The van der Waals surface area contributed by atoms with Crippen molar-refractivity contribution in [1.29, 1.82) is 0 Å². The fourth-order valence-corrected chi connectivity index (χ4v) is 4.11. The van der Waals surface area contributed by atoms with E-state index in [1.54, 1.807) is 12.4 Å². The van der Waals surface area contributed by atoms with Gasteiger partial charge in [-0.25, -0.2) is 18.4 Å². The summed E-state index contributed by atoms with van der Waals surface area (Å²) in [7, 11) is -3.25. The monoisotopic (exact) mass is 375 g/mol. The molecule has 2 aromatic heterocycles. The molecule has 0 radical (unpaired) electrons. The molecule has 0 amide bonds. The van der Waals surface area contributed by atoms with Gasteiger partial charge in [-0.1, -0.05) is 0 Å². The van der Waals surface area contributed by atoms with Gasteiger partial charge in [0.25, 0.3) is 0 Å². The summed E-state index contributed by atoms with van der Waals surface area (Å²) >= 11 is 0. The van der Waals surface area contributed by atoms with Crippen molar-refractivity contribution in [3.05, 3.63) is 35.8 Å². The molecule has 2 aliphatic heterocycles. The molecule has 138 valence electrons. The van der Waals surface area contributed by atoms with Gasteiger partial charge in [0, 0.05) is 56.1 Å². The van der Waals surface area contributed by atoms with E-state index in [1.165, 1.54) is 10.6 Å². The third kappa shape index (κ3) is 3.42. The van der Waals surface area contributed by atoms with Crippen LogP contribution in [0.5, 0.6) is 0 Å². The third-order valence-corrected chi connectivity index (χ3v) is 5.97. The van der Waals surface area contributed by atoms with E-state index in [9.17, 15) is 8.42 Å². The molecule has 0 aliphatic carbocycles. The van der Waals surface area contributed by atoms with Gasteiger partial charge >= 0.3 is 0 Å². The van der Waals surface area contributed by atoms with E-state index in [-0.39, 0.29) is 0 Å². The molecule has 4 heterocycles. The first-order valence-electron chi connectivity index (χ1n) is 8.60. The molecule has 2 aromatic rings. The van der Waals surface area contributed by atoms with Crippen molar-refractivity contribution in [2.75, 3.05) is 44.0 Å². The number of morpholine rings is 1. The minimum atomic E-state index is -3.25. The first kappa shape index (κ1) is 17.3. The van der Waals surface area contributed by atoms with E-state index in [4.69, 9.17) is 14.7 Å². The van der Waals surface area contributed by atoms with E-state index in [2.05, 4.69) is 9.88 Å². The second-order valence-corrected chi connectivity index (χ2v) is 8.46. The van der Waals surface area contributed by atoms with E-state index in [0.29, 0.717) is 38.5 Å². The van der Waals surface area contributed by atoms with E-state index in [0.717, 1.165) is 35.7 Å². The summed E-state index contributed by atoms with van der Waals surface area (Å²) in [4.78, 5) is 15.8. The zero-order chi connectivity index (χ0) is 18.1. The van der Waals surface area contributed by atoms with E-state index < -0.39 is 10.0 Å². The minimum absolute atomic E-state index is 0.317. The lowest BCUT2D eigenvalue weighted by Gasteiger charge is -2.33. The summed E-state index contributed by atoms with van der Waals surface area (Å²) in [6.07, 6.45) is 5.27. The van der Waals surface area contributed by atoms with Crippen LogP contribution in [0.15, 0.2) is 24.5 Å². The summed E-state index contributed by atoms with van der Waals surface area (Å²) in [5.41, 5.74) is 2.73. The fraction of sp³-hybridized carbons (Fsp3) is 0.471. The molecule has 0 unspecified atom stereocenters. The zero-order valence-corrected chi connectivity index (χ0v) is 15.4. The first-order chi connectivity index (χ1) is 12.5. The lowest BCUT2D eigenvalue weighted by atomic mass is 10.1. The smallest absolute Gasteiger partial charge is 0.211 e. The van der Waals surface area contributed by atoms with E-state index >= 15 is 0 Å². The number of nitrogens with zero attached hydrogens (tertiary/aromatic N) is 5. The molecule has 0 bridgehead atoms. The average Bonchev–Trinajstić information content (AvgIpc) is 2.67. The van der Waals surface area contributed by atoms with Crippen LogP contribution in [0.25, 0.3) is 11.4 Å². The maximum absolute atomic E-state index is 12.0. The van der Waals surface area contributed by atoms with Crippen LogP contribution in [0.3, 0.4) is 0 Å². The summed E-state index contributed by atoms with van der Waals surface area (Å²) in [5.74, 6) is 1.47. The first-order valence-corrected chi connectivity index (χ1v) is 10.5. The van der Waals surface area contributed by atoms with Crippen LogP contribution in [0.2, 0.25) is 0 Å². The molecular formula is C17H21N5O3S. The highest BCUT2D eigenvalue weighted by atomic mass is 32.2. The van der Waals surface area contributed by atoms with Gasteiger partial charge in [0.15, 0.2) is 5.82 Å². The van der Waals surface area contributed by atoms with Crippen LogP contribution in [0.1, 0.15) is 11.3 Å². The minimum Gasteiger partial charge on any atom is -0.378 e. The predicted octanol–water partition coefficient (Wildman–Crippen LogP) is 0.693. The summed E-state index contributed by atoms with van der Waals surface area (Å²) in [6, 6.07) is 3.77. The lowest BCUT2D eigenvalue weighted by molar-refractivity contribution is 0.122. The Hall–Kier alpha value is -2.10. The van der Waals surface area contributed by atoms with Gasteiger partial charge in [0.2, 0.25) is 10.0 Å². The zero-order valence-electron chi connectivity index (χ0n) is 14.6. The van der Waals surface area contributed by atoms with Crippen LogP contribution in [0.4, 0.5) is 5.82 Å². The van der Waals surface area contributed by atoms with Gasteiger partial charge in [-0.05, 0) is 12.1 Å². The number of rotatable bonds is 3. The molecule has 26 heavy (non-hydrogen) atoms. The SMILES string of the molecule is CS(=O)(=O)N1CCc2nc(-c3ccncc3)nc(N3CCOCC3)c2C1. The van der Waals surface area contributed by atoms with Gasteiger partial charge in [-0.3, -0.25) is 4.98 Å². The molecule has 1 fully saturated rings. The number of aromatic nitrogens is 3. The Labute approximate surface area is 152 Å². The molecule has 2 aliphatic rings. The van der Waals surface area contributed by atoms with E-state index in [1.807, 2.05) is 12.1 Å². The number of hydrogen-bond donors (Lipinski definition) is 0. The Kier molecular flexibility index (Phi) is 4.60. The van der Waals surface area contributed by atoms with Gasteiger partial charge in [-0.2, -0.15) is 4.31 Å². The number of hydrogen-bond acceptors (Lipinski definition) is 7. The lowest BCUT2D eigenvalue weighted by Crippen LogP contribution is -2.41. The topological polar surface area (TPSA) is 88.5 Å². The van der Waals surface area contributed by atoms with Gasteiger partial charge < -0.3 is 9.64 Å². The van der Waals surface area contributed by atoms with Gasteiger partial charge in [0.05, 0.1) is 25.2 Å². The Bertz CT molecular complexity index is 898. The summed E-state index contributed by atoms with van der Waals surface area (Å²) in [6.45, 7) is 3.51. The molecular weight excluding hydrogens is 354 g/mol. The molecule has 0 aromatic carbocycles. The quantitative estimate of drug-likeness (QED) is 0.780. The van der Waals surface area contributed by atoms with Crippen molar-refractivity contribution < 1.29 is 13.2 Å². The molecule has 8 nitrogen and oxygen atoms in total. The van der Waals surface area contributed by atoms with Crippen LogP contribution in [0, 0.1) is 0 Å². The number of sulfonamides is 1. The average molecular weight is 375 g/mol. The van der Waals surface area contributed by atoms with Gasteiger partial charge in [-0.15, -0.1) is 0 Å². The van der Waals surface area contributed by atoms with Crippen LogP contribution in [-0.4, -0.2) is 66.8 Å². The van der Waals surface area contributed by atoms with Crippen LogP contribution in [-0.2, 0) is 27.7 Å². The molecule has 0 spiro atoms. The molecule has 1 saturated heterocycles. The van der Waals surface area contributed by atoms with Crippen molar-refractivity contribution in [1.82, 2.24) is 19.3 Å². The van der Waals surface area contributed by atoms with Crippen molar-refractivity contribution in [3.8, 4) is 11.4 Å². The summed E-state index contributed by atoms with van der Waals surface area (Å²) in [5, 5.41) is 0. The highest BCUT2D eigenvalue weighted by Crippen LogP contribution is 2.30. The highest BCUT2D eigenvalue weighted by molar-refractivity contribution is 7.88. The second kappa shape index (κ2) is 6.90. The Balaban J connectivity index is 1.80. The van der Waals surface area contributed by atoms with Crippen LogP contribution < -0.4 is 4.90 Å². The molecule has 0 N–H and O–H groups in total. The molecule has 4 rings (SSSR count). The number of anilines is 1. The van der Waals surface area contributed by atoms with Crippen molar-refractivity contribution in [2.45, 2.75) is 13.0 Å². The second-order valence-electron chi connectivity index (χ2n) is 6.48. The predicted molar refractivity (Wildman–Crippen MR) is 97.3 cm³/mol. The van der Waals surface area contributed by atoms with Crippen molar-refractivity contribution in [3.63, 3.8) is 0 Å². The maximum Gasteiger partial charge on any atom is 0.211 e.